The Morgan fingerprint density at radius 2 is 2.15 bits per heavy atom. The van der Waals surface area contributed by atoms with Crippen LogP contribution in [0.25, 0.3) is 0 Å². The molecule has 0 aromatic heterocycles. The second-order valence-corrected chi connectivity index (χ2v) is 4.99. The van der Waals surface area contributed by atoms with Gasteiger partial charge in [0.1, 0.15) is 6.29 Å². The van der Waals surface area contributed by atoms with Crippen LogP contribution in [0.15, 0.2) is 0 Å². The Morgan fingerprint density at radius 1 is 1.54 bits per heavy atom. The molecular weight excluding hydrogens is 164 g/mol. The Morgan fingerprint density at radius 3 is 2.54 bits per heavy atom. The van der Waals surface area contributed by atoms with Gasteiger partial charge in [-0.1, -0.05) is 20.8 Å². The fourth-order valence-electron chi connectivity index (χ4n) is 2.30. The highest BCUT2D eigenvalue weighted by atomic mass is 16.3. The van der Waals surface area contributed by atoms with Crippen LogP contribution >= 0.6 is 0 Å². The fourth-order valence-corrected chi connectivity index (χ4v) is 2.30. The van der Waals surface area contributed by atoms with E-state index in [1.165, 1.54) is 0 Å². The number of carbonyl (C=O) groups is 1. The summed E-state index contributed by atoms with van der Waals surface area (Å²) < 4.78 is 0. The molecule has 1 N–H and O–H groups in total. The highest BCUT2D eigenvalue weighted by Gasteiger charge is 2.37. The zero-order valence-corrected chi connectivity index (χ0v) is 8.79. The first-order chi connectivity index (χ1) is 5.98. The first kappa shape index (κ1) is 10.7. The van der Waals surface area contributed by atoms with E-state index in [-0.39, 0.29) is 11.5 Å². The van der Waals surface area contributed by atoms with Crippen molar-refractivity contribution in [3.8, 4) is 0 Å². The standard InChI is InChI=1S/C11H20O2/c1-8(2)9-4-5-11(3,7-12)6-10(9)13/h7-10,13H,4-6H2,1-3H3. The maximum Gasteiger partial charge on any atom is 0.125 e. The van der Waals surface area contributed by atoms with Crippen LogP contribution in [0.3, 0.4) is 0 Å². The van der Waals surface area contributed by atoms with Gasteiger partial charge < -0.3 is 9.90 Å². The molecule has 0 bridgehead atoms. The van der Waals surface area contributed by atoms with Crippen molar-refractivity contribution in [1.29, 1.82) is 0 Å². The van der Waals surface area contributed by atoms with E-state index in [1.807, 2.05) is 6.92 Å². The molecule has 2 nitrogen and oxygen atoms in total. The molecule has 3 unspecified atom stereocenters. The molecule has 1 fully saturated rings. The molecule has 0 radical (unpaired) electrons. The maximum absolute atomic E-state index is 10.8. The molecule has 0 aromatic rings. The maximum atomic E-state index is 10.8. The number of aldehydes is 1. The third kappa shape index (κ3) is 2.31. The summed E-state index contributed by atoms with van der Waals surface area (Å²) >= 11 is 0. The molecule has 76 valence electrons. The zero-order chi connectivity index (χ0) is 10.1. The van der Waals surface area contributed by atoms with Gasteiger partial charge in [0.2, 0.25) is 0 Å². The van der Waals surface area contributed by atoms with Gasteiger partial charge >= 0.3 is 0 Å². The number of hydrogen-bond donors (Lipinski definition) is 1. The summed E-state index contributed by atoms with van der Waals surface area (Å²) in [5, 5.41) is 9.85. The first-order valence-electron chi connectivity index (χ1n) is 5.13. The smallest absolute Gasteiger partial charge is 0.125 e. The van der Waals surface area contributed by atoms with Gasteiger partial charge in [-0.05, 0) is 31.1 Å². The minimum Gasteiger partial charge on any atom is -0.393 e. The summed E-state index contributed by atoms with van der Waals surface area (Å²) in [4.78, 5) is 10.8. The molecule has 0 amide bonds. The van der Waals surface area contributed by atoms with E-state index in [2.05, 4.69) is 13.8 Å². The van der Waals surface area contributed by atoms with Crippen molar-refractivity contribution in [3.63, 3.8) is 0 Å². The Bertz CT molecular complexity index is 189. The van der Waals surface area contributed by atoms with E-state index in [0.29, 0.717) is 18.3 Å². The van der Waals surface area contributed by atoms with Gasteiger partial charge in [0.15, 0.2) is 0 Å². The van der Waals surface area contributed by atoms with Crippen molar-refractivity contribution in [1.82, 2.24) is 0 Å². The summed E-state index contributed by atoms with van der Waals surface area (Å²) in [5.74, 6) is 0.902. The van der Waals surface area contributed by atoms with Crippen molar-refractivity contribution in [3.05, 3.63) is 0 Å². The summed E-state index contributed by atoms with van der Waals surface area (Å²) in [5.41, 5.74) is -0.273. The van der Waals surface area contributed by atoms with Gasteiger partial charge in [0.25, 0.3) is 0 Å². The molecular formula is C11H20O2. The summed E-state index contributed by atoms with van der Waals surface area (Å²) in [6.07, 6.45) is 3.26. The molecule has 1 saturated carbocycles. The van der Waals surface area contributed by atoms with Crippen LogP contribution in [0.5, 0.6) is 0 Å². The molecule has 2 heteroatoms. The normalized spacial score (nSPS) is 40.7. The topological polar surface area (TPSA) is 37.3 Å². The summed E-state index contributed by atoms with van der Waals surface area (Å²) in [6, 6.07) is 0. The van der Waals surface area contributed by atoms with Crippen molar-refractivity contribution in [2.45, 2.75) is 46.1 Å². The Balaban J connectivity index is 2.61. The number of aliphatic hydroxyl groups excluding tert-OH is 1. The van der Waals surface area contributed by atoms with Crippen LogP contribution in [0.4, 0.5) is 0 Å². The number of hydrogen-bond acceptors (Lipinski definition) is 2. The van der Waals surface area contributed by atoms with Gasteiger partial charge in [0, 0.05) is 5.41 Å². The molecule has 0 spiro atoms. The van der Waals surface area contributed by atoms with Crippen LogP contribution in [0.2, 0.25) is 0 Å². The number of rotatable bonds is 2. The average molecular weight is 184 g/mol. The zero-order valence-electron chi connectivity index (χ0n) is 8.79. The Hall–Kier alpha value is -0.370. The quantitative estimate of drug-likeness (QED) is 0.666. The SMILES string of the molecule is CC(C)C1CCC(C)(C=O)CC1O. The van der Waals surface area contributed by atoms with Crippen LogP contribution < -0.4 is 0 Å². The minimum absolute atomic E-state index is 0.273. The molecule has 13 heavy (non-hydrogen) atoms. The number of carbonyl (C=O) groups excluding carboxylic acids is 1. The average Bonchev–Trinajstić information content (AvgIpc) is 2.03. The Kier molecular flexibility index (Phi) is 3.12. The van der Waals surface area contributed by atoms with Gasteiger partial charge in [-0.3, -0.25) is 0 Å². The second-order valence-electron chi connectivity index (χ2n) is 4.99. The molecule has 1 aliphatic carbocycles. The van der Waals surface area contributed by atoms with Gasteiger partial charge in [-0.15, -0.1) is 0 Å². The lowest BCUT2D eigenvalue weighted by atomic mass is 9.68. The van der Waals surface area contributed by atoms with E-state index < -0.39 is 0 Å². The molecule has 1 rings (SSSR count). The van der Waals surface area contributed by atoms with E-state index in [4.69, 9.17) is 0 Å². The lowest BCUT2D eigenvalue weighted by Gasteiger charge is -2.38. The van der Waals surface area contributed by atoms with Gasteiger partial charge in [0.05, 0.1) is 6.10 Å². The summed E-state index contributed by atoms with van der Waals surface area (Å²) in [7, 11) is 0. The van der Waals surface area contributed by atoms with E-state index in [0.717, 1.165) is 19.1 Å². The van der Waals surface area contributed by atoms with Crippen LogP contribution in [0.1, 0.15) is 40.0 Å². The van der Waals surface area contributed by atoms with E-state index in [1.54, 1.807) is 0 Å². The number of aliphatic hydroxyl groups is 1. The third-order valence-electron chi connectivity index (χ3n) is 3.36. The lowest BCUT2D eigenvalue weighted by Crippen LogP contribution is -2.38. The van der Waals surface area contributed by atoms with Crippen LogP contribution in [0, 0.1) is 17.3 Å². The first-order valence-corrected chi connectivity index (χ1v) is 5.13. The molecule has 0 aromatic carbocycles. The molecule has 0 saturated heterocycles. The minimum atomic E-state index is -0.288. The van der Waals surface area contributed by atoms with Crippen molar-refractivity contribution < 1.29 is 9.90 Å². The Labute approximate surface area is 80.3 Å². The molecule has 1 aliphatic rings. The highest BCUT2D eigenvalue weighted by Crippen LogP contribution is 2.39. The highest BCUT2D eigenvalue weighted by molar-refractivity contribution is 5.58. The van der Waals surface area contributed by atoms with E-state index >= 15 is 0 Å². The van der Waals surface area contributed by atoms with Crippen molar-refractivity contribution >= 4 is 6.29 Å². The van der Waals surface area contributed by atoms with Crippen molar-refractivity contribution in [2.24, 2.45) is 17.3 Å². The predicted octanol–water partition coefficient (Wildman–Crippen LogP) is 2.01. The predicted molar refractivity (Wildman–Crippen MR) is 52.4 cm³/mol. The fraction of sp³-hybridized carbons (Fsp3) is 0.909. The molecule has 3 atom stereocenters. The largest absolute Gasteiger partial charge is 0.393 e. The van der Waals surface area contributed by atoms with Crippen LogP contribution in [-0.4, -0.2) is 17.5 Å². The van der Waals surface area contributed by atoms with E-state index in [9.17, 15) is 9.90 Å². The third-order valence-corrected chi connectivity index (χ3v) is 3.36. The summed E-state index contributed by atoms with van der Waals surface area (Å²) in [6.45, 7) is 6.22. The van der Waals surface area contributed by atoms with Crippen molar-refractivity contribution in [2.75, 3.05) is 0 Å². The lowest BCUT2D eigenvalue weighted by molar-refractivity contribution is -0.121. The monoisotopic (exact) mass is 184 g/mol. The molecule has 0 aliphatic heterocycles. The van der Waals surface area contributed by atoms with Gasteiger partial charge in [-0.2, -0.15) is 0 Å². The molecule has 0 heterocycles. The van der Waals surface area contributed by atoms with Gasteiger partial charge in [-0.25, -0.2) is 0 Å². The second kappa shape index (κ2) is 3.79. The van der Waals surface area contributed by atoms with Crippen LogP contribution in [-0.2, 0) is 4.79 Å².